The first-order valence-electron chi connectivity index (χ1n) is 6.20. The zero-order chi connectivity index (χ0) is 17.0. The van der Waals surface area contributed by atoms with E-state index in [2.05, 4.69) is 29.2 Å². The number of rotatable bonds is 6. The van der Waals surface area contributed by atoms with E-state index in [9.17, 15) is 14.4 Å². The molecule has 118 valence electrons. The van der Waals surface area contributed by atoms with Crippen LogP contribution in [0.1, 0.15) is 27.2 Å². The van der Waals surface area contributed by atoms with Crippen molar-refractivity contribution in [2.45, 2.75) is 27.2 Å². The first kappa shape index (κ1) is 21.1. The lowest BCUT2D eigenvalue weighted by atomic mass is 10.2. The molecule has 0 rings (SSSR count). The van der Waals surface area contributed by atoms with Gasteiger partial charge in [0.15, 0.2) is 0 Å². The molecule has 0 heterocycles. The van der Waals surface area contributed by atoms with E-state index < -0.39 is 17.9 Å². The predicted molar refractivity (Wildman–Crippen MR) is 78.2 cm³/mol. The molecule has 0 fully saturated rings. The zero-order valence-electron chi connectivity index (χ0n) is 12.7. The summed E-state index contributed by atoms with van der Waals surface area (Å²) in [5.74, 6) is -1.83. The fraction of sp³-hybridized carbons (Fsp3) is 0.400. The van der Waals surface area contributed by atoms with Crippen molar-refractivity contribution in [3.05, 3.63) is 36.5 Å². The van der Waals surface area contributed by atoms with Crippen molar-refractivity contribution in [3.8, 4) is 0 Å². The van der Waals surface area contributed by atoms with Gasteiger partial charge in [-0.1, -0.05) is 26.7 Å². The molecule has 0 aromatic rings. The van der Waals surface area contributed by atoms with Crippen LogP contribution in [0, 0.1) is 0 Å². The van der Waals surface area contributed by atoms with Gasteiger partial charge in [0.05, 0.1) is 6.61 Å². The largest absolute Gasteiger partial charge is 0.460 e. The average Bonchev–Trinajstić information content (AvgIpc) is 2.43. The van der Waals surface area contributed by atoms with E-state index in [0.29, 0.717) is 12.0 Å². The normalized spacial score (nSPS) is 8.76. The topological polar surface area (TPSA) is 89.9 Å². The van der Waals surface area contributed by atoms with E-state index in [0.717, 1.165) is 0 Å². The summed E-state index contributed by atoms with van der Waals surface area (Å²) in [6.07, 6.45) is 0.475. The third kappa shape index (κ3) is 11.3. The molecule has 0 amide bonds. The van der Waals surface area contributed by atoms with Gasteiger partial charge in [0.2, 0.25) is 0 Å². The van der Waals surface area contributed by atoms with Crippen molar-refractivity contribution in [2.75, 3.05) is 13.2 Å². The minimum absolute atomic E-state index is 0.0473. The summed E-state index contributed by atoms with van der Waals surface area (Å²) >= 11 is 0. The van der Waals surface area contributed by atoms with Crippen LogP contribution in [0.25, 0.3) is 0 Å². The Morgan fingerprint density at radius 3 is 1.76 bits per heavy atom. The molecule has 0 aliphatic carbocycles. The fourth-order valence-electron chi connectivity index (χ4n) is 0.649. The number of esters is 3. The van der Waals surface area contributed by atoms with Crippen LogP contribution in [0.2, 0.25) is 0 Å². The lowest BCUT2D eigenvalue weighted by Crippen LogP contribution is -2.13. The van der Waals surface area contributed by atoms with Crippen LogP contribution in [0.3, 0.4) is 0 Å². The van der Waals surface area contributed by atoms with E-state index >= 15 is 0 Å². The second-order valence-corrected chi connectivity index (χ2v) is 4.05. The minimum Gasteiger partial charge on any atom is -0.460 e. The molecular formula is C15H22O6. The number of hydrogen-bond donors (Lipinski definition) is 1. The Labute approximate surface area is 124 Å². The highest BCUT2D eigenvalue weighted by Crippen LogP contribution is 2.02. The third-order valence-electron chi connectivity index (χ3n) is 1.92. The summed E-state index contributed by atoms with van der Waals surface area (Å²) in [5, 5.41) is 8.19. The molecule has 0 radical (unpaired) electrons. The van der Waals surface area contributed by atoms with E-state index in [4.69, 9.17) is 5.11 Å². The molecule has 0 bridgehead atoms. The first-order chi connectivity index (χ1) is 9.67. The lowest BCUT2D eigenvalue weighted by molar-refractivity contribution is -0.154. The second kappa shape index (κ2) is 11.6. The molecule has 1 N–H and O–H groups in total. The Balaban J connectivity index is 0. The molecular weight excluding hydrogens is 276 g/mol. The lowest BCUT2D eigenvalue weighted by Gasteiger charge is -2.01. The molecule has 0 atom stereocenters. The smallest absolute Gasteiger partial charge is 0.341 e. The molecule has 0 saturated heterocycles. The molecule has 0 spiro atoms. The van der Waals surface area contributed by atoms with Gasteiger partial charge in [-0.15, -0.1) is 0 Å². The Morgan fingerprint density at radius 2 is 1.43 bits per heavy atom. The predicted octanol–water partition coefficient (Wildman–Crippen LogP) is 1.70. The number of carbonyl (C=O) groups is 3. The van der Waals surface area contributed by atoms with Gasteiger partial charge >= 0.3 is 17.9 Å². The third-order valence-corrected chi connectivity index (χ3v) is 1.92. The van der Waals surface area contributed by atoms with Crippen molar-refractivity contribution in [3.63, 3.8) is 0 Å². The highest BCUT2D eigenvalue weighted by Gasteiger charge is 2.12. The van der Waals surface area contributed by atoms with Gasteiger partial charge in [-0.2, -0.15) is 0 Å². The average molecular weight is 298 g/mol. The van der Waals surface area contributed by atoms with Crippen LogP contribution in [-0.2, 0) is 23.9 Å². The quantitative estimate of drug-likeness (QED) is 0.456. The van der Waals surface area contributed by atoms with Crippen molar-refractivity contribution in [1.82, 2.24) is 0 Å². The molecule has 0 saturated carbocycles. The zero-order valence-corrected chi connectivity index (χ0v) is 12.7. The van der Waals surface area contributed by atoms with Crippen molar-refractivity contribution >= 4 is 17.9 Å². The number of aliphatic hydroxyl groups is 1. The van der Waals surface area contributed by atoms with Gasteiger partial charge in [0.1, 0.15) is 6.61 Å². The Hall–Kier alpha value is -2.21. The minimum atomic E-state index is -0.699. The van der Waals surface area contributed by atoms with Gasteiger partial charge in [-0.05, 0) is 20.3 Å². The fourth-order valence-corrected chi connectivity index (χ4v) is 0.649. The SMILES string of the molecule is C=C(C)C(=O)OC(=O)C(=C)CC.C=C(C)C(=O)OCCO. The van der Waals surface area contributed by atoms with Gasteiger partial charge < -0.3 is 14.6 Å². The van der Waals surface area contributed by atoms with E-state index in [-0.39, 0.29) is 24.4 Å². The Kier molecular flexibility index (Phi) is 11.7. The van der Waals surface area contributed by atoms with E-state index in [1.807, 2.05) is 0 Å². The molecule has 0 unspecified atom stereocenters. The number of carbonyl (C=O) groups excluding carboxylic acids is 3. The number of ether oxygens (including phenoxy) is 2. The molecule has 0 aliphatic heterocycles. The first-order valence-corrected chi connectivity index (χ1v) is 6.20. The van der Waals surface area contributed by atoms with Crippen LogP contribution in [0.15, 0.2) is 36.5 Å². The van der Waals surface area contributed by atoms with Crippen LogP contribution in [0.5, 0.6) is 0 Å². The molecule has 6 nitrogen and oxygen atoms in total. The van der Waals surface area contributed by atoms with Crippen LogP contribution >= 0.6 is 0 Å². The summed E-state index contributed by atoms with van der Waals surface area (Å²) in [7, 11) is 0. The standard InChI is InChI=1S/C9H12O3.C6H10O3/c1-5-7(4)9(11)12-8(10)6(2)3;1-5(2)6(8)9-4-3-7/h2,4-5H2,1,3H3;7H,1,3-4H2,2H3. The molecule has 0 aromatic carbocycles. The van der Waals surface area contributed by atoms with Crippen LogP contribution < -0.4 is 0 Å². The maximum atomic E-state index is 10.9. The van der Waals surface area contributed by atoms with Crippen molar-refractivity contribution in [2.24, 2.45) is 0 Å². The van der Waals surface area contributed by atoms with Crippen LogP contribution in [0.4, 0.5) is 0 Å². The maximum absolute atomic E-state index is 10.9. The number of hydrogen-bond acceptors (Lipinski definition) is 6. The Bertz CT molecular complexity index is 433. The molecule has 6 heteroatoms. The maximum Gasteiger partial charge on any atom is 0.341 e. The van der Waals surface area contributed by atoms with Gasteiger partial charge in [0, 0.05) is 16.7 Å². The summed E-state index contributed by atoms with van der Waals surface area (Å²) in [6.45, 7) is 14.8. The molecule has 0 aliphatic rings. The van der Waals surface area contributed by atoms with Crippen molar-refractivity contribution in [1.29, 1.82) is 0 Å². The van der Waals surface area contributed by atoms with E-state index in [1.54, 1.807) is 13.8 Å². The summed E-state index contributed by atoms with van der Waals surface area (Å²) in [5.41, 5.74) is 0.834. The highest BCUT2D eigenvalue weighted by molar-refractivity contribution is 6.00. The highest BCUT2D eigenvalue weighted by atomic mass is 16.6. The van der Waals surface area contributed by atoms with Crippen LogP contribution in [-0.4, -0.2) is 36.2 Å². The Morgan fingerprint density at radius 1 is 0.952 bits per heavy atom. The molecule has 0 aromatic heterocycles. The number of aliphatic hydroxyl groups excluding tert-OH is 1. The van der Waals surface area contributed by atoms with E-state index in [1.165, 1.54) is 6.92 Å². The summed E-state index contributed by atoms with van der Waals surface area (Å²) in [4.78, 5) is 32.2. The summed E-state index contributed by atoms with van der Waals surface area (Å²) in [6, 6.07) is 0. The molecule has 21 heavy (non-hydrogen) atoms. The monoisotopic (exact) mass is 298 g/mol. The second-order valence-electron chi connectivity index (χ2n) is 4.05. The van der Waals surface area contributed by atoms with Gasteiger partial charge in [-0.3, -0.25) is 0 Å². The summed E-state index contributed by atoms with van der Waals surface area (Å²) < 4.78 is 8.85. The van der Waals surface area contributed by atoms with Crippen molar-refractivity contribution < 1.29 is 29.0 Å². The van der Waals surface area contributed by atoms with Gasteiger partial charge in [0.25, 0.3) is 0 Å². The van der Waals surface area contributed by atoms with Gasteiger partial charge in [-0.25, -0.2) is 14.4 Å².